The summed E-state index contributed by atoms with van der Waals surface area (Å²) in [7, 11) is 0. The largest absolute Gasteiger partial charge is 0.299 e. The second-order valence-corrected chi connectivity index (χ2v) is 8.82. The third kappa shape index (κ3) is 14.7. The highest BCUT2D eigenvalue weighted by Gasteiger charge is 2.09. The molecule has 0 aliphatic rings. The van der Waals surface area contributed by atoms with Gasteiger partial charge in [0, 0.05) is 12.1 Å². The minimum atomic E-state index is -0.0515. The third-order valence-corrected chi connectivity index (χ3v) is 6.01. The van der Waals surface area contributed by atoms with E-state index in [-0.39, 0.29) is 5.82 Å². The van der Waals surface area contributed by atoms with Crippen LogP contribution in [0.3, 0.4) is 0 Å². The molecule has 2 heteroatoms. The molecule has 0 aliphatic heterocycles. The second-order valence-electron chi connectivity index (χ2n) is 8.82. The van der Waals surface area contributed by atoms with E-state index < -0.39 is 0 Å². The molecular formula is C27H48FN. The van der Waals surface area contributed by atoms with E-state index >= 15 is 0 Å². The molecular weight excluding hydrogens is 357 g/mol. The van der Waals surface area contributed by atoms with E-state index in [1.54, 1.807) is 12.1 Å². The molecule has 0 fully saturated rings. The number of hydrogen-bond acceptors (Lipinski definition) is 1. The maximum atomic E-state index is 14.1. The number of rotatable bonds is 20. The minimum absolute atomic E-state index is 0.0515. The van der Waals surface area contributed by atoms with Gasteiger partial charge in [0.1, 0.15) is 5.82 Å². The Bertz CT molecular complexity index is 453. The van der Waals surface area contributed by atoms with Crippen LogP contribution in [0.2, 0.25) is 0 Å². The molecule has 0 saturated heterocycles. The highest BCUT2D eigenvalue weighted by molar-refractivity contribution is 5.17. The molecule has 1 nitrogen and oxygen atoms in total. The zero-order valence-corrected chi connectivity index (χ0v) is 19.6. The molecule has 1 rings (SSSR count). The first-order valence-electron chi connectivity index (χ1n) is 12.7. The smallest absolute Gasteiger partial charge is 0.127 e. The first-order chi connectivity index (χ1) is 14.3. The van der Waals surface area contributed by atoms with Crippen molar-refractivity contribution >= 4 is 0 Å². The highest BCUT2D eigenvalue weighted by atomic mass is 19.1. The summed E-state index contributed by atoms with van der Waals surface area (Å²) in [5.41, 5.74) is 0.853. The Morgan fingerprint density at radius 2 is 1.00 bits per heavy atom. The highest BCUT2D eigenvalue weighted by Crippen LogP contribution is 2.14. The van der Waals surface area contributed by atoms with Crippen LogP contribution < -0.4 is 0 Å². The predicted molar refractivity (Wildman–Crippen MR) is 127 cm³/mol. The zero-order valence-electron chi connectivity index (χ0n) is 19.6. The first kappa shape index (κ1) is 26.1. The molecule has 0 aliphatic carbocycles. The van der Waals surface area contributed by atoms with E-state index in [4.69, 9.17) is 0 Å². The van der Waals surface area contributed by atoms with E-state index in [0.29, 0.717) is 0 Å². The summed E-state index contributed by atoms with van der Waals surface area (Å²) >= 11 is 0. The van der Waals surface area contributed by atoms with Crippen molar-refractivity contribution in [3.63, 3.8) is 0 Å². The molecule has 0 saturated carbocycles. The molecule has 0 N–H and O–H groups in total. The number of benzene rings is 1. The van der Waals surface area contributed by atoms with Gasteiger partial charge in [0.05, 0.1) is 0 Å². The Kier molecular flexibility index (Phi) is 17.2. The van der Waals surface area contributed by atoms with Crippen molar-refractivity contribution in [3.05, 3.63) is 35.6 Å². The summed E-state index contributed by atoms with van der Waals surface area (Å²) in [5.74, 6) is -0.0515. The van der Waals surface area contributed by atoms with Gasteiger partial charge in [-0.3, -0.25) is 4.90 Å². The molecule has 0 bridgehead atoms. The molecule has 0 amide bonds. The average Bonchev–Trinajstić information content (AvgIpc) is 2.73. The summed E-state index contributed by atoms with van der Waals surface area (Å²) in [4.78, 5) is 2.49. The number of hydrogen-bond donors (Lipinski definition) is 0. The molecule has 0 aromatic heterocycles. The van der Waals surface area contributed by atoms with Crippen LogP contribution in [0.15, 0.2) is 24.3 Å². The lowest BCUT2D eigenvalue weighted by molar-refractivity contribution is 0.249. The van der Waals surface area contributed by atoms with Gasteiger partial charge in [-0.25, -0.2) is 4.39 Å². The fourth-order valence-electron chi connectivity index (χ4n) is 4.08. The summed E-state index contributed by atoms with van der Waals surface area (Å²) in [6.07, 6.45) is 21.6. The minimum Gasteiger partial charge on any atom is -0.299 e. The number of nitrogens with zero attached hydrogens (tertiary/aromatic N) is 1. The van der Waals surface area contributed by atoms with Crippen LogP contribution in [0.4, 0.5) is 4.39 Å². The monoisotopic (exact) mass is 405 g/mol. The Morgan fingerprint density at radius 1 is 0.586 bits per heavy atom. The molecule has 0 spiro atoms. The Hall–Kier alpha value is -0.890. The topological polar surface area (TPSA) is 3.24 Å². The van der Waals surface area contributed by atoms with Crippen molar-refractivity contribution in [2.45, 2.75) is 123 Å². The van der Waals surface area contributed by atoms with Crippen LogP contribution in [-0.4, -0.2) is 18.0 Å². The van der Waals surface area contributed by atoms with Gasteiger partial charge >= 0.3 is 0 Å². The molecule has 0 atom stereocenters. The molecule has 0 unspecified atom stereocenters. The van der Waals surface area contributed by atoms with Gasteiger partial charge in [0.25, 0.3) is 0 Å². The average molecular weight is 406 g/mol. The zero-order chi connectivity index (χ0) is 21.0. The molecule has 1 aromatic carbocycles. The fraction of sp³-hybridized carbons (Fsp3) is 0.778. The summed E-state index contributed by atoms with van der Waals surface area (Å²) in [6, 6.07) is 7.30. The quantitative estimate of drug-likeness (QED) is 0.196. The van der Waals surface area contributed by atoms with E-state index in [0.717, 1.165) is 25.2 Å². The maximum Gasteiger partial charge on any atom is 0.127 e. The Morgan fingerprint density at radius 3 is 1.45 bits per heavy atom. The van der Waals surface area contributed by atoms with Gasteiger partial charge in [-0.15, -0.1) is 0 Å². The van der Waals surface area contributed by atoms with Gasteiger partial charge < -0.3 is 0 Å². The van der Waals surface area contributed by atoms with Crippen molar-refractivity contribution in [1.29, 1.82) is 0 Å². The van der Waals surface area contributed by atoms with Gasteiger partial charge in [-0.2, -0.15) is 0 Å². The van der Waals surface area contributed by atoms with Crippen LogP contribution in [0.25, 0.3) is 0 Å². The van der Waals surface area contributed by atoms with Crippen LogP contribution in [-0.2, 0) is 6.54 Å². The van der Waals surface area contributed by atoms with Crippen molar-refractivity contribution < 1.29 is 4.39 Å². The second kappa shape index (κ2) is 19.1. The van der Waals surface area contributed by atoms with Crippen molar-refractivity contribution in [3.8, 4) is 0 Å². The molecule has 1 aromatic rings. The molecule has 29 heavy (non-hydrogen) atoms. The van der Waals surface area contributed by atoms with Gasteiger partial charge in [-0.1, -0.05) is 122 Å². The van der Waals surface area contributed by atoms with Gasteiger partial charge in [0.15, 0.2) is 0 Å². The van der Waals surface area contributed by atoms with Crippen molar-refractivity contribution in [2.75, 3.05) is 13.1 Å². The Balaban J connectivity index is 2.25. The lowest BCUT2D eigenvalue weighted by Crippen LogP contribution is -2.26. The molecule has 0 heterocycles. The first-order valence-corrected chi connectivity index (χ1v) is 12.7. The lowest BCUT2D eigenvalue weighted by atomic mass is 10.1. The van der Waals surface area contributed by atoms with E-state index in [1.165, 1.54) is 103 Å². The lowest BCUT2D eigenvalue weighted by Gasteiger charge is -2.23. The van der Waals surface area contributed by atoms with Crippen molar-refractivity contribution in [2.24, 2.45) is 0 Å². The SMILES string of the molecule is CCCCCCCCCCN(CCCCCCCCCC)Cc1ccccc1F. The standard InChI is InChI=1S/C27H48FN/c1-3-5-7-9-11-13-15-19-23-29(25-26-21-17-18-22-27(26)28)24-20-16-14-12-10-8-6-4-2/h17-18,21-22H,3-16,19-20,23-25H2,1-2H3. The predicted octanol–water partition coefficient (Wildman–Crippen LogP) is 8.91. The third-order valence-electron chi connectivity index (χ3n) is 6.01. The van der Waals surface area contributed by atoms with Gasteiger partial charge in [-0.05, 0) is 32.0 Å². The Labute approximate surface area is 181 Å². The molecule has 0 radical (unpaired) electrons. The van der Waals surface area contributed by atoms with E-state index in [2.05, 4.69) is 18.7 Å². The van der Waals surface area contributed by atoms with Crippen LogP contribution in [0.1, 0.15) is 122 Å². The normalized spacial score (nSPS) is 11.4. The molecule has 168 valence electrons. The number of unbranched alkanes of at least 4 members (excludes halogenated alkanes) is 14. The van der Waals surface area contributed by atoms with Crippen LogP contribution in [0, 0.1) is 5.82 Å². The van der Waals surface area contributed by atoms with E-state index in [9.17, 15) is 4.39 Å². The maximum absolute atomic E-state index is 14.1. The fourth-order valence-corrected chi connectivity index (χ4v) is 4.08. The van der Waals surface area contributed by atoms with Crippen LogP contribution in [0.5, 0.6) is 0 Å². The summed E-state index contributed by atoms with van der Waals surface area (Å²) in [6.45, 7) is 7.53. The van der Waals surface area contributed by atoms with Crippen LogP contribution >= 0.6 is 0 Å². The summed E-state index contributed by atoms with van der Waals surface area (Å²) < 4.78 is 14.1. The number of halogens is 1. The van der Waals surface area contributed by atoms with Crippen molar-refractivity contribution in [1.82, 2.24) is 4.90 Å². The van der Waals surface area contributed by atoms with E-state index in [1.807, 2.05) is 12.1 Å². The summed E-state index contributed by atoms with van der Waals surface area (Å²) in [5, 5.41) is 0. The van der Waals surface area contributed by atoms with Gasteiger partial charge in [0.2, 0.25) is 0 Å².